The number of ether oxygens (including phenoxy) is 1. The molecule has 1 aliphatic heterocycles. The van der Waals surface area contributed by atoms with E-state index in [1.807, 2.05) is 36.4 Å². The number of rotatable bonds is 1. The molecule has 0 aliphatic carbocycles. The van der Waals surface area contributed by atoms with Gasteiger partial charge in [-0.3, -0.25) is 0 Å². The van der Waals surface area contributed by atoms with Crippen LogP contribution in [0.5, 0.6) is 5.75 Å². The van der Waals surface area contributed by atoms with Gasteiger partial charge in [0.25, 0.3) is 0 Å². The molecule has 1 aliphatic rings. The monoisotopic (exact) mass is 391 g/mol. The van der Waals surface area contributed by atoms with Gasteiger partial charge in [0.2, 0.25) is 0 Å². The topological polar surface area (TPSA) is 42.7 Å². The Kier molecular flexibility index (Phi) is 3.54. The van der Waals surface area contributed by atoms with E-state index in [0.29, 0.717) is 28.4 Å². The standard InChI is InChI=1S/C17H11BrClNO3/c18-14-7-10-1-6-15-13(16(10)23-17(14)21)8-20(9-22-15)12-4-2-11(19)3-5-12/h1-7H,8-9H2. The molecule has 0 unspecified atom stereocenters. The van der Waals surface area contributed by atoms with Gasteiger partial charge < -0.3 is 14.1 Å². The van der Waals surface area contributed by atoms with Crippen molar-refractivity contribution >= 4 is 44.2 Å². The molecule has 23 heavy (non-hydrogen) atoms. The Morgan fingerprint density at radius 1 is 1.13 bits per heavy atom. The highest BCUT2D eigenvalue weighted by Crippen LogP contribution is 2.34. The summed E-state index contributed by atoms with van der Waals surface area (Å²) in [6, 6.07) is 13.1. The minimum Gasteiger partial charge on any atom is -0.473 e. The third-order valence-electron chi connectivity index (χ3n) is 3.84. The van der Waals surface area contributed by atoms with Crippen LogP contribution in [0.3, 0.4) is 0 Å². The van der Waals surface area contributed by atoms with Crippen LogP contribution in [0.15, 0.2) is 56.1 Å². The zero-order valence-corrected chi connectivity index (χ0v) is 14.2. The summed E-state index contributed by atoms with van der Waals surface area (Å²) in [6.45, 7) is 1.03. The van der Waals surface area contributed by atoms with Crippen molar-refractivity contribution in [2.75, 3.05) is 11.6 Å². The molecule has 0 radical (unpaired) electrons. The van der Waals surface area contributed by atoms with Crippen LogP contribution in [-0.2, 0) is 6.54 Å². The highest BCUT2D eigenvalue weighted by Gasteiger charge is 2.22. The first-order valence-electron chi connectivity index (χ1n) is 7.00. The minimum absolute atomic E-state index is 0.394. The number of fused-ring (bicyclic) bond motifs is 3. The summed E-state index contributed by atoms with van der Waals surface area (Å²) < 4.78 is 11.7. The Hall–Kier alpha value is -1.98. The molecule has 3 aromatic rings. The fourth-order valence-corrected chi connectivity index (χ4v) is 3.14. The molecular weight excluding hydrogens is 382 g/mol. The molecule has 4 rings (SSSR count). The van der Waals surface area contributed by atoms with E-state index >= 15 is 0 Å². The molecule has 0 saturated carbocycles. The van der Waals surface area contributed by atoms with Crippen molar-refractivity contribution in [3.63, 3.8) is 0 Å². The van der Waals surface area contributed by atoms with Crippen molar-refractivity contribution in [1.82, 2.24) is 0 Å². The predicted molar refractivity (Wildman–Crippen MR) is 93.3 cm³/mol. The lowest BCUT2D eigenvalue weighted by Crippen LogP contribution is -2.32. The van der Waals surface area contributed by atoms with Crippen LogP contribution >= 0.6 is 27.5 Å². The van der Waals surface area contributed by atoms with Gasteiger partial charge >= 0.3 is 5.63 Å². The number of hydrogen-bond acceptors (Lipinski definition) is 4. The Morgan fingerprint density at radius 2 is 1.91 bits per heavy atom. The summed E-state index contributed by atoms with van der Waals surface area (Å²) in [5, 5.41) is 1.55. The van der Waals surface area contributed by atoms with Crippen LogP contribution < -0.4 is 15.3 Å². The first-order chi connectivity index (χ1) is 11.1. The fourth-order valence-electron chi connectivity index (χ4n) is 2.69. The Bertz CT molecular complexity index is 952. The van der Waals surface area contributed by atoms with E-state index in [0.717, 1.165) is 22.4 Å². The molecule has 4 nitrogen and oxygen atoms in total. The van der Waals surface area contributed by atoms with Gasteiger partial charge in [0.15, 0.2) is 6.73 Å². The summed E-state index contributed by atoms with van der Waals surface area (Å²) in [5.74, 6) is 0.744. The predicted octanol–water partition coefficient (Wildman–Crippen LogP) is 4.57. The molecule has 0 bridgehead atoms. The zero-order valence-electron chi connectivity index (χ0n) is 11.9. The number of benzene rings is 2. The maximum absolute atomic E-state index is 11.8. The van der Waals surface area contributed by atoms with E-state index in [4.69, 9.17) is 20.8 Å². The van der Waals surface area contributed by atoms with Gasteiger partial charge in [-0.2, -0.15) is 0 Å². The zero-order chi connectivity index (χ0) is 16.0. The van der Waals surface area contributed by atoms with E-state index in [9.17, 15) is 4.79 Å². The van der Waals surface area contributed by atoms with Crippen LogP contribution in [-0.4, -0.2) is 6.73 Å². The Balaban J connectivity index is 1.81. The maximum Gasteiger partial charge on any atom is 0.350 e. The van der Waals surface area contributed by atoms with Crippen molar-refractivity contribution in [3.05, 3.63) is 67.9 Å². The van der Waals surface area contributed by atoms with Crippen LogP contribution in [0.2, 0.25) is 5.02 Å². The number of nitrogens with zero attached hydrogens (tertiary/aromatic N) is 1. The molecule has 1 aromatic heterocycles. The molecule has 0 amide bonds. The number of halogens is 2. The smallest absolute Gasteiger partial charge is 0.350 e. The van der Waals surface area contributed by atoms with E-state index in [2.05, 4.69) is 20.8 Å². The second-order valence-corrected chi connectivity index (χ2v) is 6.58. The second-order valence-electron chi connectivity index (χ2n) is 5.29. The largest absolute Gasteiger partial charge is 0.473 e. The molecule has 6 heteroatoms. The van der Waals surface area contributed by atoms with Crippen LogP contribution in [0, 0.1) is 0 Å². The highest BCUT2D eigenvalue weighted by molar-refractivity contribution is 9.10. The average Bonchev–Trinajstić information content (AvgIpc) is 2.56. The fraction of sp³-hybridized carbons (Fsp3) is 0.118. The molecule has 0 N–H and O–H groups in total. The molecule has 0 saturated heterocycles. The van der Waals surface area contributed by atoms with Crippen molar-refractivity contribution in [2.24, 2.45) is 0 Å². The van der Waals surface area contributed by atoms with Crippen LogP contribution in [0.4, 0.5) is 5.69 Å². The molecule has 0 fully saturated rings. The van der Waals surface area contributed by atoms with Gasteiger partial charge in [0.1, 0.15) is 15.8 Å². The average molecular weight is 393 g/mol. The van der Waals surface area contributed by atoms with E-state index in [1.54, 1.807) is 6.07 Å². The maximum atomic E-state index is 11.8. The van der Waals surface area contributed by atoms with Crippen molar-refractivity contribution in [3.8, 4) is 5.75 Å². The molecule has 0 spiro atoms. The van der Waals surface area contributed by atoms with Gasteiger partial charge in [-0.05, 0) is 58.4 Å². The third-order valence-corrected chi connectivity index (χ3v) is 4.64. The normalized spacial score (nSPS) is 13.7. The minimum atomic E-state index is -0.394. The lowest BCUT2D eigenvalue weighted by atomic mass is 10.1. The summed E-state index contributed by atoms with van der Waals surface area (Å²) in [5.41, 5.74) is 2.04. The van der Waals surface area contributed by atoms with Gasteiger partial charge in [0.05, 0.1) is 12.1 Å². The van der Waals surface area contributed by atoms with Gasteiger partial charge in [0, 0.05) is 16.1 Å². The third kappa shape index (κ3) is 2.60. The Morgan fingerprint density at radius 3 is 2.70 bits per heavy atom. The van der Waals surface area contributed by atoms with E-state index in [-0.39, 0.29) is 0 Å². The summed E-state index contributed by atoms with van der Waals surface area (Å²) in [7, 11) is 0. The quantitative estimate of drug-likeness (QED) is 0.569. The molecule has 116 valence electrons. The summed E-state index contributed by atoms with van der Waals surface area (Å²) in [4.78, 5) is 13.9. The SMILES string of the molecule is O=c1oc2c3c(ccc2cc1Br)OCN(c1ccc(Cl)cc1)C3. The first-order valence-corrected chi connectivity index (χ1v) is 8.17. The molecule has 0 atom stereocenters. The lowest BCUT2D eigenvalue weighted by molar-refractivity contribution is 0.289. The van der Waals surface area contributed by atoms with Gasteiger partial charge in [-0.1, -0.05) is 11.6 Å². The molecule has 2 heterocycles. The van der Waals surface area contributed by atoms with Crippen LogP contribution in [0.25, 0.3) is 11.0 Å². The molecular formula is C17H11BrClNO3. The number of anilines is 1. The second kappa shape index (κ2) is 5.58. The number of hydrogen-bond donors (Lipinski definition) is 0. The molecule has 2 aromatic carbocycles. The van der Waals surface area contributed by atoms with Crippen LogP contribution in [0.1, 0.15) is 5.56 Å². The van der Waals surface area contributed by atoms with E-state index < -0.39 is 5.63 Å². The lowest BCUT2D eigenvalue weighted by Gasteiger charge is -2.31. The van der Waals surface area contributed by atoms with Crippen molar-refractivity contribution in [2.45, 2.75) is 6.54 Å². The summed E-state index contributed by atoms with van der Waals surface area (Å²) >= 11 is 9.15. The van der Waals surface area contributed by atoms with Gasteiger partial charge in [-0.25, -0.2) is 4.79 Å². The Labute approximate surface area is 145 Å². The highest BCUT2D eigenvalue weighted by atomic mass is 79.9. The van der Waals surface area contributed by atoms with Crippen molar-refractivity contribution in [1.29, 1.82) is 0 Å². The van der Waals surface area contributed by atoms with Gasteiger partial charge in [-0.15, -0.1) is 0 Å². The summed E-state index contributed by atoms with van der Waals surface area (Å²) in [6.07, 6.45) is 0. The van der Waals surface area contributed by atoms with Crippen molar-refractivity contribution < 1.29 is 9.15 Å². The van der Waals surface area contributed by atoms with E-state index in [1.165, 1.54) is 0 Å². The first kappa shape index (κ1) is 14.6.